The Kier molecular flexibility index (Phi) is 6.13. The van der Waals surface area contributed by atoms with E-state index >= 15 is 0 Å². The third kappa shape index (κ3) is 4.01. The number of aryl methyl sites for hydroxylation is 1. The summed E-state index contributed by atoms with van der Waals surface area (Å²) in [6.45, 7) is 4.64. The van der Waals surface area contributed by atoms with Gasteiger partial charge in [-0.1, -0.05) is 18.2 Å². The van der Waals surface area contributed by atoms with E-state index in [2.05, 4.69) is 29.6 Å². The van der Waals surface area contributed by atoms with Gasteiger partial charge in [0.05, 0.1) is 37.1 Å². The molecule has 6 nitrogen and oxygen atoms in total. The van der Waals surface area contributed by atoms with Gasteiger partial charge in [-0.2, -0.15) is 5.10 Å². The molecule has 0 radical (unpaired) electrons. The van der Waals surface area contributed by atoms with Crippen LogP contribution in [0.2, 0.25) is 0 Å². The molecule has 0 amide bonds. The van der Waals surface area contributed by atoms with E-state index in [9.17, 15) is 0 Å². The van der Waals surface area contributed by atoms with Crippen molar-refractivity contribution in [2.45, 2.75) is 25.9 Å². The van der Waals surface area contributed by atoms with Crippen LogP contribution < -0.4 is 11.3 Å². The fourth-order valence-electron chi connectivity index (χ4n) is 2.36. The summed E-state index contributed by atoms with van der Waals surface area (Å²) in [6, 6.07) is 8.30. The molecule has 1 aromatic heterocycles. The molecule has 6 heteroatoms. The topological polar surface area (TPSA) is 74.3 Å². The SMILES string of the molecule is CCn1nc(CC(COCCOC)NN)c2ccccc21. The number of ether oxygens (including phenoxy) is 2. The third-order valence-corrected chi connectivity index (χ3v) is 3.46. The molecule has 0 aliphatic rings. The molecule has 2 rings (SSSR count). The van der Waals surface area contributed by atoms with E-state index in [1.165, 1.54) is 5.39 Å². The van der Waals surface area contributed by atoms with Crippen LogP contribution in [-0.4, -0.2) is 42.8 Å². The second kappa shape index (κ2) is 8.09. The number of aromatic nitrogens is 2. The number of para-hydroxylation sites is 1. The van der Waals surface area contributed by atoms with E-state index in [-0.39, 0.29) is 6.04 Å². The zero-order chi connectivity index (χ0) is 15.1. The second-order valence-electron chi connectivity index (χ2n) is 4.92. The summed E-state index contributed by atoms with van der Waals surface area (Å²) < 4.78 is 12.5. The molecule has 0 saturated carbocycles. The molecule has 0 aliphatic carbocycles. The Morgan fingerprint density at radius 2 is 2.14 bits per heavy atom. The normalized spacial score (nSPS) is 12.9. The lowest BCUT2D eigenvalue weighted by Gasteiger charge is -2.15. The molecule has 21 heavy (non-hydrogen) atoms. The van der Waals surface area contributed by atoms with Gasteiger partial charge in [0, 0.05) is 25.5 Å². The molecule has 1 aromatic carbocycles. The first kappa shape index (κ1) is 15.9. The Bertz CT molecular complexity index is 556. The maximum absolute atomic E-state index is 5.62. The first-order valence-electron chi connectivity index (χ1n) is 7.27. The van der Waals surface area contributed by atoms with Crippen LogP contribution in [0, 0.1) is 0 Å². The highest BCUT2D eigenvalue weighted by atomic mass is 16.5. The summed E-state index contributed by atoms with van der Waals surface area (Å²) in [5, 5.41) is 5.86. The number of hydrogen-bond donors (Lipinski definition) is 2. The lowest BCUT2D eigenvalue weighted by Crippen LogP contribution is -2.40. The van der Waals surface area contributed by atoms with E-state index < -0.39 is 0 Å². The predicted molar refractivity (Wildman–Crippen MR) is 82.9 cm³/mol. The summed E-state index contributed by atoms with van der Waals surface area (Å²) >= 11 is 0. The van der Waals surface area contributed by atoms with Crippen LogP contribution in [0.1, 0.15) is 12.6 Å². The minimum atomic E-state index is 0.0328. The average molecular weight is 292 g/mol. The van der Waals surface area contributed by atoms with Crippen molar-refractivity contribution in [2.75, 3.05) is 26.9 Å². The van der Waals surface area contributed by atoms with Crippen molar-refractivity contribution in [1.82, 2.24) is 15.2 Å². The van der Waals surface area contributed by atoms with Crippen molar-refractivity contribution in [3.63, 3.8) is 0 Å². The van der Waals surface area contributed by atoms with Crippen molar-refractivity contribution in [3.05, 3.63) is 30.0 Å². The lowest BCUT2D eigenvalue weighted by atomic mass is 10.1. The number of methoxy groups -OCH3 is 1. The number of hydrazine groups is 1. The summed E-state index contributed by atoms with van der Waals surface area (Å²) in [6.07, 6.45) is 0.733. The van der Waals surface area contributed by atoms with Crippen molar-refractivity contribution in [2.24, 2.45) is 5.84 Å². The summed E-state index contributed by atoms with van der Waals surface area (Å²) in [7, 11) is 1.66. The summed E-state index contributed by atoms with van der Waals surface area (Å²) in [4.78, 5) is 0. The van der Waals surface area contributed by atoms with Crippen LogP contribution in [0.5, 0.6) is 0 Å². The highest BCUT2D eigenvalue weighted by molar-refractivity contribution is 5.82. The van der Waals surface area contributed by atoms with Gasteiger partial charge in [0.15, 0.2) is 0 Å². The zero-order valence-corrected chi connectivity index (χ0v) is 12.7. The van der Waals surface area contributed by atoms with Crippen molar-refractivity contribution in [1.29, 1.82) is 0 Å². The molecular weight excluding hydrogens is 268 g/mol. The van der Waals surface area contributed by atoms with Crippen molar-refractivity contribution >= 4 is 10.9 Å². The van der Waals surface area contributed by atoms with Crippen LogP contribution in [0.25, 0.3) is 10.9 Å². The number of hydrogen-bond acceptors (Lipinski definition) is 5. The molecule has 1 atom stereocenters. The van der Waals surface area contributed by atoms with Gasteiger partial charge in [-0.25, -0.2) is 0 Å². The molecule has 0 fully saturated rings. The van der Waals surface area contributed by atoms with E-state index in [0.717, 1.165) is 24.2 Å². The molecule has 0 spiro atoms. The lowest BCUT2D eigenvalue weighted by molar-refractivity contribution is 0.0586. The maximum Gasteiger partial charge on any atom is 0.0720 e. The Morgan fingerprint density at radius 1 is 1.33 bits per heavy atom. The number of nitrogens with two attached hydrogens (primary N) is 1. The minimum Gasteiger partial charge on any atom is -0.382 e. The zero-order valence-electron chi connectivity index (χ0n) is 12.7. The van der Waals surface area contributed by atoms with Crippen LogP contribution in [-0.2, 0) is 22.4 Å². The molecular formula is C15H24N4O2. The number of rotatable bonds is 9. The highest BCUT2D eigenvalue weighted by Gasteiger charge is 2.14. The van der Waals surface area contributed by atoms with E-state index in [1.54, 1.807) is 7.11 Å². The summed E-state index contributed by atoms with van der Waals surface area (Å²) in [5.41, 5.74) is 5.01. The van der Waals surface area contributed by atoms with Crippen molar-refractivity contribution < 1.29 is 9.47 Å². The smallest absolute Gasteiger partial charge is 0.0720 e. The standard InChI is InChI=1S/C15H24N4O2/c1-3-19-15-7-5-4-6-13(15)14(18-19)10-12(17-16)11-21-9-8-20-2/h4-7,12,17H,3,8-11,16H2,1-2H3. The molecule has 0 aliphatic heterocycles. The number of nitrogens with one attached hydrogen (secondary N) is 1. The Labute approximate surface area is 125 Å². The highest BCUT2D eigenvalue weighted by Crippen LogP contribution is 2.19. The van der Waals surface area contributed by atoms with Gasteiger partial charge in [0.25, 0.3) is 0 Å². The van der Waals surface area contributed by atoms with E-state index in [4.69, 9.17) is 15.3 Å². The van der Waals surface area contributed by atoms with Gasteiger partial charge in [-0.15, -0.1) is 0 Å². The Morgan fingerprint density at radius 3 is 2.86 bits per heavy atom. The van der Waals surface area contributed by atoms with Crippen LogP contribution in [0.3, 0.4) is 0 Å². The molecule has 3 N–H and O–H groups in total. The Hall–Kier alpha value is -1.47. The van der Waals surface area contributed by atoms with Gasteiger partial charge < -0.3 is 9.47 Å². The quantitative estimate of drug-likeness (QED) is 0.411. The van der Waals surface area contributed by atoms with Gasteiger partial charge >= 0.3 is 0 Å². The molecule has 1 heterocycles. The number of nitrogens with zero attached hydrogens (tertiary/aromatic N) is 2. The second-order valence-corrected chi connectivity index (χ2v) is 4.92. The fourth-order valence-corrected chi connectivity index (χ4v) is 2.36. The van der Waals surface area contributed by atoms with Crippen LogP contribution >= 0.6 is 0 Å². The molecule has 0 saturated heterocycles. The minimum absolute atomic E-state index is 0.0328. The van der Waals surface area contributed by atoms with Crippen LogP contribution in [0.15, 0.2) is 24.3 Å². The fraction of sp³-hybridized carbons (Fsp3) is 0.533. The van der Waals surface area contributed by atoms with Crippen LogP contribution in [0.4, 0.5) is 0 Å². The molecule has 116 valence electrons. The molecule has 2 aromatic rings. The average Bonchev–Trinajstić information content (AvgIpc) is 2.88. The number of fused-ring (bicyclic) bond motifs is 1. The largest absolute Gasteiger partial charge is 0.382 e. The third-order valence-electron chi connectivity index (χ3n) is 3.46. The summed E-state index contributed by atoms with van der Waals surface area (Å²) in [5.74, 6) is 5.62. The monoisotopic (exact) mass is 292 g/mol. The molecule has 1 unspecified atom stereocenters. The van der Waals surface area contributed by atoms with Gasteiger partial charge in [0.2, 0.25) is 0 Å². The Balaban J connectivity index is 2.07. The first-order valence-corrected chi connectivity index (χ1v) is 7.27. The number of benzene rings is 1. The van der Waals surface area contributed by atoms with E-state index in [1.807, 2.05) is 16.8 Å². The predicted octanol–water partition coefficient (Wildman–Crippen LogP) is 1.09. The van der Waals surface area contributed by atoms with Gasteiger partial charge in [-0.3, -0.25) is 16.0 Å². The van der Waals surface area contributed by atoms with Crippen molar-refractivity contribution in [3.8, 4) is 0 Å². The first-order chi connectivity index (χ1) is 10.3. The van der Waals surface area contributed by atoms with Gasteiger partial charge in [0.1, 0.15) is 0 Å². The maximum atomic E-state index is 5.62. The van der Waals surface area contributed by atoms with Gasteiger partial charge in [-0.05, 0) is 13.0 Å². The van der Waals surface area contributed by atoms with E-state index in [0.29, 0.717) is 19.8 Å². The molecule has 0 bridgehead atoms.